The smallest absolute Gasteiger partial charge is 0.304 e. The maximum absolute atomic E-state index is 12.3. The second-order valence-electron chi connectivity index (χ2n) is 8.25. The van der Waals surface area contributed by atoms with Crippen LogP contribution in [0.5, 0.6) is 5.88 Å². The van der Waals surface area contributed by atoms with E-state index in [0.29, 0.717) is 17.8 Å². The Morgan fingerprint density at radius 1 is 1.20 bits per heavy atom. The fraction of sp³-hybridized carbons (Fsp3) is 0.440. The number of benzene rings is 1. The Bertz CT molecular complexity index is 1170. The van der Waals surface area contributed by atoms with Crippen molar-refractivity contribution < 1.29 is 14.7 Å². The molecule has 0 spiro atoms. The van der Waals surface area contributed by atoms with Gasteiger partial charge in [-0.3, -0.25) is 14.3 Å². The normalized spacial score (nSPS) is 12.3. The summed E-state index contributed by atoms with van der Waals surface area (Å²) in [6.07, 6.45) is 4.39. The molecule has 10 heteroatoms. The second-order valence-corrected chi connectivity index (χ2v) is 10.1. The van der Waals surface area contributed by atoms with E-state index in [9.17, 15) is 9.90 Å². The molecule has 0 radical (unpaired) electrons. The number of nitrogens with zero attached hydrogens (tertiary/aromatic N) is 5. The first-order valence-corrected chi connectivity index (χ1v) is 13.5. The van der Waals surface area contributed by atoms with Gasteiger partial charge in [0.05, 0.1) is 22.8 Å². The highest BCUT2D eigenvalue weighted by molar-refractivity contribution is 9.10. The van der Waals surface area contributed by atoms with Crippen molar-refractivity contribution in [1.29, 1.82) is 0 Å². The molecule has 2 heterocycles. The Balaban J connectivity index is 1.79. The van der Waals surface area contributed by atoms with Crippen LogP contribution in [0.2, 0.25) is 0 Å². The third kappa shape index (κ3) is 7.46. The largest absolute Gasteiger partial charge is 0.493 e. The number of azo groups is 1. The highest BCUT2D eigenvalue weighted by Crippen LogP contribution is 2.40. The molecule has 188 valence electrons. The number of carbonyl (C=O) groups excluding carboxylic acids is 1. The summed E-state index contributed by atoms with van der Waals surface area (Å²) in [5.41, 5.74) is 1.78. The quantitative estimate of drug-likeness (QED) is 0.137. The van der Waals surface area contributed by atoms with Crippen LogP contribution in [-0.2, 0) is 16.3 Å². The maximum Gasteiger partial charge on any atom is 0.304 e. The van der Waals surface area contributed by atoms with E-state index in [2.05, 4.69) is 50.1 Å². The highest BCUT2D eigenvalue weighted by atomic mass is 79.9. The van der Waals surface area contributed by atoms with Crippen molar-refractivity contribution in [2.24, 2.45) is 15.4 Å². The molecule has 1 amide bonds. The maximum atomic E-state index is 12.3. The number of oxime groups is 1. The molecule has 0 aliphatic rings. The van der Waals surface area contributed by atoms with Crippen LogP contribution in [0.3, 0.4) is 0 Å². The van der Waals surface area contributed by atoms with E-state index in [1.54, 1.807) is 11.3 Å². The lowest BCUT2D eigenvalue weighted by Crippen LogP contribution is -2.28. The highest BCUT2D eigenvalue weighted by Gasteiger charge is 2.19. The van der Waals surface area contributed by atoms with Gasteiger partial charge in [0.15, 0.2) is 12.3 Å². The van der Waals surface area contributed by atoms with Crippen molar-refractivity contribution >= 4 is 55.5 Å². The van der Waals surface area contributed by atoms with E-state index < -0.39 is 5.91 Å². The number of hydrogen-bond donors (Lipinski definition) is 1. The zero-order valence-electron chi connectivity index (χ0n) is 20.4. The van der Waals surface area contributed by atoms with Gasteiger partial charge in [-0.1, -0.05) is 53.8 Å². The molecule has 0 atom stereocenters. The Hall–Kier alpha value is -2.56. The topological polar surface area (TPSA) is 91.8 Å². The van der Waals surface area contributed by atoms with E-state index in [0.717, 1.165) is 53.6 Å². The van der Waals surface area contributed by atoms with E-state index in [4.69, 9.17) is 4.84 Å². The standard InChI is InChI=1S/C25H32BrN5O3S/c1-4-6-12-30(13-7-5-2)17-31-21-11-10-19(26)15-20(21)24(25(31)33)28-27-23(32)16-34-29-18(3)22-9-8-14-35-22/h8-11,14-15,33H,4-7,12-13,16-17H2,1-3H3/b28-27?,29-18+. The molecule has 0 aliphatic heterocycles. The van der Waals surface area contributed by atoms with Gasteiger partial charge < -0.3 is 9.94 Å². The molecule has 0 fully saturated rings. The summed E-state index contributed by atoms with van der Waals surface area (Å²) >= 11 is 5.03. The summed E-state index contributed by atoms with van der Waals surface area (Å²) in [6.45, 7) is 8.25. The zero-order valence-corrected chi connectivity index (χ0v) is 22.8. The van der Waals surface area contributed by atoms with Crippen LogP contribution >= 0.6 is 27.3 Å². The third-order valence-electron chi connectivity index (χ3n) is 5.50. The average Bonchev–Trinajstić information content (AvgIpc) is 3.47. The molecule has 3 rings (SSSR count). The number of halogens is 1. The Morgan fingerprint density at radius 2 is 1.94 bits per heavy atom. The van der Waals surface area contributed by atoms with Gasteiger partial charge in [-0.25, -0.2) is 0 Å². The number of hydrogen-bond acceptors (Lipinski definition) is 7. The van der Waals surface area contributed by atoms with Crippen molar-refractivity contribution in [3.63, 3.8) is 0 Å². The molecule has 1 aromatic carbocycles. The van der Waals surface area contributed by atoms with Crippen LogP contribution in [0.25, 0.3) is 10.9 Å². The Morgan fingerprint density at radius 3 is 2.60 bits per heavy atom. The molecule has 3 aromatic rings. The Kier molecular flexibility index (Phi) is 10.4. The predicted molar refractivity (Wildman–Crippen MR) is 145 cm³/mol. The molecular formula is C25H32BrN5O3S. The minimum atomic E-state index is -0.587. The van der Waals surface area contributed by atoms with Crippen molar-refractivity contribution in [1.82, 2.24) is 9.47 Å². The first kappa shape index (κ1) is 27.0. The zero-order chi connectivity index (χ0) is 25.2. The van der Waals surface area contributed by atoms with Gasteiger partial charge in [0.25, 0.3) is 0 Å². The molecule has 0 saturated carbocycles. The lowest BCUT2D eigenvalue weighted by molar-refractivity contribution is -0.122. The van der Waals surface area contributed by atoms with Crippen molar-refractivity contribution in [2.45, 2.75) is 53.1 Å². The average molecular weight is 563 g/mol. The summed E-state index contributed by atoms with van der Waals surface area (Å²) in [4.78, 5) is 20.7. The fourth-order valence-electron chi connectivity index (χ4n) is 3.60. The van der Waals surface area contributed by atoms with Gasteiger partial charge in [0, 0.05) is 9.86 Å². The first-order valence-electron chi connectivity index (χ1n) is 11.8. The molecule has 1 N–H and O–H groups in total. The van der Waals surface area contributed by atoms with E-state index >= 15 is 0 Å². The lowest BCUT2D eigenvalue weighted by atomic mass is 10.2. The van der Waals surface area contributed by atoms with E-state index in [1.165, 1.54) is 0 Å². The summed E-state index contributed by atoms with van der Waals surface area (Å²) in [6, 6.07) is 9.58. The molecule has 0 bridgehead atoms. The number of thiophene rings is 1. The monoisotopic (exact) mass is 561 g/mol. The van der Waals surface area contributed by atoms with Crippen molar-refractivity contribution in [3.8, 4) is 5.88 Å². The van der Waals surface area contributed by atoms with Crippen LogP contribution in [0.15, 0.2) is 55.6 Å². The molecule has 0 aliphatic carbocycles. The number of amides is 1. The molecule has 8 nitrogen and oxygen atoms in total. The number of aromatic nitrogens is 1. The molecule has 2 aromatic heterocycles. The summed E-state index contributed by atoms with van der Waals surface area (Å²) in [5, 5.41) is 25.6. The van der Waals surface area contributed by atoms with Crippen LogP contribution < -0.4 is 0 Å². The van der Waals surface area contributed by atoms with E-state index in [1.807, 2.05) is 47.2 Å². The third-order valence-corrected chi connectivity index (χ3v) is 6.97. The fourth-order valence-corrected chi connectivity index (χ4v) is 4.63. The number of fused-ring (bicyclic) bond motifs is 1. The van der Waals surface area contributed by atoms with Gasteiger partial charge in [-0.05, 0) is 62.5 Å². The van der Waals surface area contributed by atoms with Crippen molar-refractivity contribution in [3.05, 3.63) is 45.1 Å². The van der Waals surface area contributed by atoms with Crippen LogP contribution in [0.1, 0.15) is 51.3 Å². The van der Waals surface area contributed by atoms with Gasteiger partial charge >= 0.3 is 5.91 Å². The van der Waals surface area contributed by atoms with E-state index in [-0.39, 0.29) is 18.2 Å². The number of carbonyl (C=O) groups is 1. The predicted octanol–water partition coefficient (Wildman–Crippen LogP) is 7.08. The summed E-state index contributed by atoms with van der Waals surface area (Å²) in [5.74, 6) is -0.601. The van der Waals surface area contributed by atoms with Gasteiger partial charge in [0.1, 0.15) is 0 Å². The minimum Gasteiger partial charge on any atom is -0.493 e. The lowest BCUT2D eigenvalue weighted by Gasteiger charge is -2.23. The SMILES string of the molecule is CCCCN(CCCC)Cn1c(O)c(N=NC(=O)CO/N=C(\C)c2cccs2)c2cc(Br)ccc21. The van der Waals surface area contributed by atoms with Gasteiger partial charge in [0.2, 0.25) is 5.88 Å². The van der Waals surface area contributed by atoms with Gasteiger partial charge in [-0.2, -0.15) is 0 Å². The first-order chi connectivity index (χ1) is 16.9. The molecule has 35 heavy (non-hydrogen) atoms. The van der Waals surface area contributed by atoms with Gasteiger partial charge in [-0.15, -0.1) is 21.6 Å². The number of unbranched alkanes of at least 4 members (excludes halogenated alkanes) is 2. The van der Waals surface area contributed by atoms with Crippen molar-refractivity contribution in [2.75, 3.05) is 19.7 Å². The number of aromatic hydroxyl groups is 1. The molecule has 0 saturated heterocycles. The minimum absolute atomic E-state index is 0.0138. The van der Waals surface area contributed by atoms with Crippen LogP contribution in [-0.4, -0.2) is 45.9 Å². The molecule has 0 unspecified atom stereocenters. The van der Waals surface area contributed by atoms with Crippen LogP contribution in [0, 0.1) is 0 Å². The number of rotatable bonds is 13. The Labute approximate surface area is 218 Å². The summed E-state index contributed by atoms with van der Waals surface area (Å²) in [7, 11) is 0. The second kappa shape index (κ2) is 13.5. The van der Waals surface area contributed by atoms with Crippen LogP contribution in [0.4, 0.5) is 5.69 Å². The summed E-state index contributed by atoms with van der Waals surface area (Å²) < 4.78 is 2.68. The molecular weight excluding hydrogens is 530 g/mol.